The highest BCUT2D eigenvalue weighted by Crippen LogP contribution is 2.33. The Bertz CT molecular complexity index is 1780. The normalized spacial score (nSPS) is 12.5. The molecule has 14 heteroatoms. The summed E-state index contributed by atoms with van der Waals surface area (Å²) in [6.45, 7) is 12.7. The van der Waals surface area contributed by atoms with Gasteiger partial charge in [-0.15, -0.1) is 0 Å². The summed E-state index contributed by atoms with van der Waals surface area (Å²) in [4.78, 5) is 51.3. The molecular weight excluding hydrogens is 625 g/mol. The van der Waals surface area contributed by atoms with Crippen molar-refractivity contribution in [2.75, 3.05) is 5.32 Å². The smallest absolute Gasteiger partial charge is 0.365 e. The number of H-pyrrole nitrogens is 2. The highest BCUT2D eigenvalue weighted by Gasteiger charge is 2.33. The van der Waals surface area contributed by atoms with Crippen LogP contribution in [0.15, 0.2) is 79.8 Å². The zero-order valence-corrected chi connectivity index (χ0v) is 27.5. The van der Waals surface area contributed by atoms with Gasteiger partial charge in [-0.05, 0) is 71.2 Å². The number of aromatic amines is 2. The van der Waals surface area contributed by atoms with Crippen LogP contribution in [0, 0.1) is 6.92 Å². The fourth-order valence-corrected chi connectivity index (χ4v) is 4.75. The maximum atomic E-state index is 12.4. The molecule has 4 aromatic rings. The van der Waals surface area contributed by atoms with Gasteiger partial charge in [0.25, 0.3) is 11.1 Å². The first kappa shape index (κ1) is 37.8. The Morgan fingerprint density at radius 1 is 0.761 bits per heavy atom. The zero-order chi connectivity index (χ0) is 34.9. The molecular formula is C32H40ClF3N6O4. The van der Waals surface area contributed by atoms with E-state index in [1.807, 2.05) is 38.1 Å². The zero-order valence-electron chi connectivity index (χ0n) is 26.7. The van der Waals surface area contributed by atoms with Crippen LogP contribution in [0.1, 0.15) is 88.0 Å². The molecule has 0 radical (unpaired) electrons. The topological polar surface area (TPSA) is 148 Å². The fourth-order valence-electron chi connectivity index (χ4n) is 4.57. The lowest BCUT2D eigenvalue weighted by atomic mass is 10.0. The molecule has 0 saturated carbocycles. The average Bonchev–Trinajstić information content (AvgIpc) is 2.92. The lowest BCUT2D eigenvalue weighted by Gasteiger charge is -2.18. The molecule has 0 amide bonds. The van der Waals surface area contributed by atoms with Crippen molar-refractivity contribution in [3.05, 3.63) is 130 Å². The van der Waals surface area contributed by atoms with Crippen LogP contribution >= 0.6 is 11.6 Å². The Hall–Kier alpha value is -4.36. The summed E-state index contributed by atoms with van der Waals surface area (Å²) in [7, 11) is 0. The van der Waals surface area contributed by atoms with E-state index in [0.717, 1.165) is 21.8 Å². The van der Waals surface area contributed by atoms with Gasteiger partial charge < -0.3 is 11.1 Å². The molecule has 0 bridgehead atoms. The number of aromatic nitrogens is 4. The van der Waals surface area contributed by atoms with E-state index in [2.05, 4.69) is 15.3 Å². The van der Waals surface area contributed by atoms with E-state index < -0.39 is 29.2 Å². The second-order valence-electron chi connectivity index (χ2n) is 11.1. The maximum absolute atomic E-state index is 12.4. The largest absolute Gasteiger partial charge is 0.416 e. The third-order valence-corrected chi connectivity index (χ3v) is 6.92. The minimum absolute atomic E-state index is 0.00356. The van der Waals surface area contributed by atoms with E-state index in [-0.39, 0.29) is 40.0 Å². The Morgan fingerprint density at radius 3 is 1.67 bits per heavy atom. The number of aryl methyl sites for hydroxylation is 1. The van der Waals surface area contributed by atoms with Crippen molar-refractivity contribution in [1.29, 1.82) is 0 Å². The van der Waals surface area contributed by atoms with Gasteiger partial charge in [-0.1, -0.05) is 54.1 Å². The van der Waals surface area contributed by atoms with E-state index in [4.69, 9.17) is 17.3 Å². The molecule has 2 heterocycles. The molecule has 2 aromatic heterocycles. The molecule has 0 aliphatic rings. The summed E-state index contributed by atoms with van der Waals surface area (Å²) in [6, 6.07) is 15.1. The molecule has 0 unspecified atom stereocenters. The summed E-state index contributed by atoms with van der Waals surface area (Å²) in [5.74, 6) is 0.442. The van der Waals surface area contributed by atoms with Gasteiger partial charge >= 0.3 is 17.6 Å². The van der Waals surface area contributed by atoms with E-state index in [0.29, 0.717) is 5.82 Å². The van der Waals surface area contributed by atoms with Crippen molar-refractivity contribution >= 4 is 17.4 Å². The predicted molar refractivity (Wildman–Crippen MR) is 176 cm³/mol. The number of nitrogens with zero attached hydrogens (tertiary/aromatic N) is 2. The van der Waals surface area contributed by atoms with Crippen LogP contribution in [0.25, 0.3) is 0 Å². The van der Waals surface area contributed by atoms with Crippen LogP contribution in [0.4, 0.5) is 19.0 Å². The monoisotopic (exact) mass is 664 g/mol. The van der Waals surface area contributed by atoms with Gasteiger partial charge in [-0.2, -0.15) is 13.2 Å². The van der Waals surface area contributed by atoms with E-state index >= 15 is 0 Å². The van der Waals surface area contributed by atoms with Crippen molar-refractivity contribution in [2.24, 2.45) is 5.73 Å². The Balaban J connectivity index is 0.000000255. The molecule has 0 fully saturated rings. The Labute approximate surface area is 269 Å². The van der Waals surface area contributed by atoms with Gasteiger partial charge in [0.15, 0.2) is 0 Å². The second kappa shape index (κ2) is 16.3. The number of hydrogen-bond acceptors (Lipinski definition) is 6. The molecule has 0 spiro atoms. The second-order valence-corrected chi connectivity index (χ2v) is 11.5. The number of benzene rings is 2. The molecule has 0 saturated heterocycles. The minimum atomic E-state index is -4.32. The van der Waals surface area contributed by atoms with Gasteiger partial charge in [-0.3, -0.25) is 28.7 Å². The first-order valence-corrected chi connectivity index (χ1v) is 14.8. The van der Waals surface area contributed by atoms with Crippen LogP contribution in [0.5, 0.6) is 0 Å². The SMILES string of the molecule is CC(C)n1c(=O)cc(Cl)[nH]c1=O.C[C@H](N)c1ccccc1C(F)(F)F.Cc1ccccc1[C@H](C)Nc1cc(=O)n(C(C)C)c(=O)[nH]1. The van der Waals surface area contributed by atoms with Gasteiger partial charge in [0, 0.05) is 30.3 Å². The van der Waals surface area contributed by atoms with Gasteiger partial charge in [0.05, 0.1) is 11.6 Å². The van der Waals surface area contributed by atoms with Crippen molar-refractivity contribution < 1.29 is 13.2 Å². The lowest BCUT2D eigenvalue weighted by Crippen LogP contribution is -2.36. The number of halogens is 4. The Kier molecular flexibility index (Phi) is 13.4. The summed E-state index contributed by atoms with van der Waals surface area (Å²) in [5.41, 5.74) is 5.65. The van der Waals surface area contributed by atoms with Crippen LogP contribution in [0.2, 0.25) is 5.15 Å². The fraction of sp³-hybridized carbons (Fsp3) is 0.375. The molecule has 4 rings (SSSR count). The molecule has 2 atom stereocenters. The molecule has 10 nitrogen and oxygen atoms in total. The number of nitrogens with two attached hydrogens (primary N) is 1. The van der Waals surface area contributed by atoms with Crippen molar-refractivity contribution in [3.63, 3.8) is 0 Å². The highest BCUT2D eigenvalue weighted by atomic mass is 35.5. The van der Waals surface area contributed by atoms with Crippen molar-refractivity contribution in [1.82, 2.24) is 19.1 Å². The Morgan fingerprint density at radius 2 is 1.24 bits per heavy atom. The third kappa shape index (κ3) is 10.3. The minimum Gasteiger partial charge on any atom is -0.365 e. The molecule has 2 aromatic carbocycles. The summed E-state index contributed by atoms with van der Waals surface area (Å²) < 4.78 is 39.4. The van der Waals surface area contributed by atoms with Crippen LogP contribution in [-0.4, -0.2) is 19.1 Å². The highest BCUT2D eigenvalue weighted by molar-refractivity contribution is 6.29. The van der Waals surface area contributed by atoms with Gasteiger partial charge in [0.2, 0.25) is 0 Å². The average molecular weight is 665 g/mol. The van der Waals surface area contributed by atoms with Crippen LogP contribution in [0.3, 0.4) is 0 Å². The number of nitrogens with one attached hydrogen (secondary N) is 3. The van der Waals surface area contributed by atoms with E-state index in [1.54, 1.807) is 33.8 Å². The number of hydrogen-bond donors (Lipinski definition) is 4. The lowest BCUT2D eigenvalue weighted by molar-refractivity contribution is -0.138. The quantitative estimate of drug-likeness (QED) is 0.183. The summed E-state index contributed by atoms with van der Waals surface area (Å²) in [6.07, 6.45) is -4.32. The van der Waals surface area contributed by atoms with Crippen LogP contribution < -0.4 is 33.5 Å². The van der Waals surface area contributed by atoms with Crippen molar-refractivity contribution in [3.8, 4) is 0 Å². The first-order chi connectivity index (χ1) is 21.3. The molecule has 5 N–H and O–H groups in total. The van der Waals surface area contributed by atoms with E-state index in [9.17, 15) is 32.3 Å². The summed E-state index contributed by atoms with van der Waals surface area (Å²) >= 11 is 5.46. The summed E-state index contributed by atoms with van der Waals surface area (Å²) in [5, 5.41) is 3.25. The first-order valence-electron chi connectivity index (χ1n) is 14.5. The number of alkyl halides is 3. The maximum Gasteiger partial charge on any atom is 0.416 e. The van der Waals surface area contributed by atoms with Gasteiger partial charge in [0.1, 0.15) is 11.0 Å². The third-order valence-electron chi connectivity index (χ3n) is 6.71. The van der Waals surface area contributed by atoms with E-state index in [1.165, 1.54) is 35.8 Å². The molecule has 0 aliphatic heterocycles. The van der Waals surface area contributed by atoms with Gasteiger partial charge in [-0.25, -0.2) is 9.59 Å². The number of anilines is 1. The molecule has 0 aliphatic carbocycles. The van der Waals surface area contributed by atoms with Crippen LogP contribution in [-0.2, 0) is 6.18 Å². The molecule has 250 valence electrons. The predicted octanol–water partition coefficient (Wildman–Crippen LogP) is 6.10. The van der Waals surface area contributed by atoms with Crippen molar-refractivity contribution in [2.45, 2.75) is 78.8 Å². The number of rotatable bonds is 6. The standard InChI is InChI=1S/C16H21N3O2.C9H10F3N.C7H9ClN2O2/c1-10(2)19-15(20)9-14(18-16(19)21)17-12(4)13-8-6-5-7-11(13)3;1-6(13)7-4-2-3-5-8(7)9(10,11)12;1-4(2)10-6(11)3-5(8)9-7(10)12/h5-10,12,17H,1-4H3,(H,18,21);2-6H,13H2,1H3;3-4H,1-2H3,(H,9,12)/t12-;6-;/m00./s1. The molecule has 46 heavy (non-hydrogen) atoms.